The van der Waals surface area contributed by atoms with Crippen molar-refractivity contribution in [2.45, 2.75) is 64.5 Å². The molecule has 0 aliphatic carbocycles. The number of carbonyl (C=O) groups is 4. The second-order valence-corrected chi connectivity index (χ2v) is 10.6. The fourth-order valence-electron chi connectivity index (χ4n) is 4.52. The molecule has 1 aromatic rings. The molecule has 1 aliphatic rings. The van der Waals surface area contributed by atoms with Crippen LogP contribution in [0.3, 0.4) is 0 Å². The van der Waals surface area contributed by atoms with Crippen LogP contribution in [0.1, 0.15) is 51.5 Å². The normalized spacial score (nSPS) is 16.8. The van der Waals surface area contributed by atoms with Crippen molar-refractivity contribution in [2.24, 2.45) is 28.3 Å². The molecule has 11 heteroatoms. The van der Waals surface area contributed by atoms with Crippen molar-refractivity contribution in [1.29, 1.82) is 0 Å². The second-order valence-electron chi connectivity index (χ2n) is 9.70. The predicted octanol–water partition coefficient (Wildman–Crippen LogP) is 2.29. The Morgan fingerprint density at radius 2 is 1.97 bits per heavy atom. The molecule has 1 aromatic carbocycles. The third kappa shape index (κ3) is 9.53. The number of guanidine groups is 1. The highest BCUT2D eigenvalue weighted by Gasteiger charge is 2.39. The first kappa shape index (κ1) is 30.4. The molecule has 0 saturated carbocycles. The molecule has 0 unspecified atom stereocenters. The van der Waals surface area contributed by atoms with Gasteiger partial charge in [-0.05, 0) is 49.3 Å². The average molecular weight is 583 g/mol. The number of halogens is 2. The van der Waals surface area contributed by atoms with Gasteiger partial charge in [0, 0.05) is 29.9 Å². The number of carbonyl (C=O) groups excluding carboxylic acids is 4. The van der Waals surface area contributed by atoms with Crippen LogP contribution in [0.2, 0.25) is 0 Å². The summed E-state index contributed by atoms with van der Waals surface area (Å²) in [6.45, 7) is 3.16. The van der Waals surface area contributed by atoms with Gasteiger partial charge < -0.3 is 21.7 Å². The van der Waals surface area contributed by atoms with Gasteiger partial charge in [0.2, 0.25) is 11.8 Å². The van der Waals surface area contributed by atoms with Gasteiger partial charge in [0.1, 0.15) is 12.7 Å². The Kier molecular flexibility index (Phi) is 12.2. The van der Waals surface area contributed by atoms with Gasteiger partial charge in [0.15, 0.2) is 17.5 Å². The predicted molar refractivity (Wildman–Crippen MR) is 143 cm³/mol. The molecule has 1 heterocycles. The molecule has 2 amide bonds. The molecular weight excluding hydrogens is 545 g/mol. The Bertz CT molecular complexity index is 999. The zero-order valence-electron chi connectivity index (χ0n) is 21.4. The fraction of sp³-hybridized carbons (Fsp3) is 0.577. The minimum atomic E-state index is -1.16. The van der Waals surface area contributed by atoms with E-state index in [2.05, 4.69) is 26.2 Å². The summed E-state index contributed by atoms with van der Waals surface area (Å²) in [5, 5.41) is 2.84. The van der Waals surface area contributed by atoms with Crippen LogP contribution < -0.4 is 16.8 Å². The van der Waals surface area contributed by atoms with E-state index >= 15 is 0 Å². The molecule has 0 radical (unpaired) electrons. The molecule has 1 saturated heterocycles. The van der Waals surface area contributed by atoms with Crippen LogP contribution in [-0.4, -0.2) is 66.1 Å². The van der Waals surface area contributed by atoms with Crippen LogP contribution >= 0.6 is 15.9 Å². The van der Waals surface area contributed by atoms with Gasteiger partial charge in [-0.1, -0.05) is 41.9 Å². The monoisotopic (exact) mass is 581 g/mol. The number of hydrogen-bond donors (Lipinski definition) is 3. The van der Waals surface area contributed by atoms with Crippen molar-refractivity contribution in [3.05, 3.63) is 34.3 Å². The number of ketones is 2. The highest BCUT2D eigenvalue weighted by atomic mass is 79.9. The number of alkyl halides is 1. The maximum Gasteiger partial charge on any atom is 0.246 e. The van der Waals surface area contributed by atoms with E-state index in [1.54, 1.807) is 0 Å². The van der Waals surface area contributed by atoms with E-state index in [0.29, 0.717) is 25.8 Å². The van der Waals surface area contributed by atoms with Crippen molar-refractivity contribution in [2.75, 3.05) is 19.8 Å². The standard InChI is InChI=1S/C26H37BrFN5O4/c1-16(2)24(32-23(36)13-17-6-3-8-19(27)12-17)25(37)33-11-5-9-20(33)21(34)14-18(22(35)15-28)7-4-10-31-26(29)30/h3,6,8,12,16,18,20,24H,4-5,7,9-11,13-15H2,1-2H3,(H,32,36)(H4,29,30,31)/t18-,20+,24+/m1/s1. The van der Waals surface area contributed by atoms with Crippen molar-refractivity contribution >= 4 is 45.3 Å². The SMILES string of the molecule is CC(C)[C@H](NC(=O)Cc1cccc(Br)c1)C(=O)N1CCC[C@H]1C(=O)C[C@@H](CCCN=C(N)N)C(=O)CF. The van der Waals surface area contributed by atoms with Crippen molar-refractivity contribution < 1.29 is 23.6 Å². The van der Waals surface area contributed by atoms with Crippen LogP contribution in [0.4, 0.5) is 4.39 Å². The maximum absolute atomic E-state index is 13.5. The van der Waals surface area contributed by atoms with Gasteiger partial charge >= 0.3 is 0 Å². The van der Waals surface area contributed by atoms with Crippen molar-refractivity contribution in [3.63, 3.8) is 0 Å². The molecule has 37 heavy (non-hydrogen) atoms. The molecule has 2 rings (SSSR count). The zero-order chi connectivity index (χ0) is 27.5. The number of aliphatic imine (C=N–C) groups is 1. The lowest BCUT2D eigenvalue weighted by Gasteiger charge is -2.31. The van der Waals surface area contributed by atoms with E-state index in [0.717, 1.165) is 10.0 Å². The quantitative estimate of drug-likeness (QED) is 0.174. The molecular formula is C26H37BrFN5O4. The number of likely N-dealkylation sites (tertiary alicyclic amines) is 1. The number of Topliss-reactive ketones (excluding diaryl/α,β-unsaturated/α-hetero) is 2. The molecule has 1 fully saturated rings. The largest absolute Gasteiger partial charge is 0.370 e. The Morgan fingerprint density at radius 1 is 1.24 bits per heavy atom. The fourth-order valence-corrected chi connectivity index (χ4v) is 4.97. The summed E-state index contributed by atoms with van der Waals surface area (Å²) in [4.78, 5) is 56.9. The third-order valence-corrected chi connectivity index (χ3v) is 6.94. The summed E-state index contributed by atoms with van der Waals surface area (Å²) in [7, 11) is 0. The minimum Gasteiger partial charge on any atom is -0.370 e. The molecule has 0 aromatic heterocycles. The van der Waals surface area contributed by atoms with E-state index in [4.69, 9.17) is 11.5 Å². The molecule has 0 spiro atoms. The first-order chi connectivity index (χ1) is 17.5. The van der Waals surface area contributed by atoms with Gasteiger partial charge in [-0.3, -0.25) is 24.2 Å². The molecule has 9 nitrogen and oxygen atoms in total. The topological polar surface area (TPSA) is 148 Å². The summed E-state index contributed by atoms with van der Waals surface area (Å²) in [5.41, 5.74) is 11.4. The van der Waals surface area contributed by atoms with Gasteiger partial charge in [0.05, 0.1) is 12.5 Å². The number of rotatable bonds is 14. The lowest BCUT2D eigenvalue weighted by Crippen LogP contribution is -2.54. The van der Waals surface area contributed by atoms with E-state index < -0.39 is 30.5 Å². The summed E-state index contributed by atoms with van der Waals surface area (Å²) in [5.74, 6) is -2.61. The highest BCUT2D eigenvalue weighted by molar-refractivity contribution is 9.10. The van der Waals surface area contributed by atoms with Crippen molar-refractivity contribution in [1.82, 2.24) is 10.2 Å². The Hall–Kier alpha value is -2.82. The van der Waals surface area contributed by atoms with Gasteiger partial charge in [-0.2, -0.15) is 0 Å². The molecule has 0 bridgehead atoms. The third-order valence-electron chi connectivity index (χ3n) is 6.45. The Balaban J connectivity index is 2.06. The van der Waals surface area contributed by atoms with Crippen LogP contribution in [-0.2, 0) is 25.6 Å². The van der Waals surface area contributed by atoms with Gasteiger partial charge in [0.25, 0.3) is 0 Å². The second kappa shape index (κ2) is 14.8. The number of nitrogens with one attached hydrogen (secondary N) is 1. The van der Waals surface area contributed by atoms with Crippen LogP contribution in [0, 0.1) is 11.8 Å². The minimum absolute atomic E-state index is 0.0759. The maximum atomic E-state index is 13.5. The lowest BCUT2D eigenvalue weighted by atomic mass is 9.90. The van der Waals surface area contributed by atoms with Crippen LogP contribution in [0.15, 0.2) is 33.7 Å². The molecule has 5 N–H and O–H groups in total. The van der Waals surface area contributed by atoms with Crippen LogP contribution in [0.5, 0.6) is 0 Å². The molecule has 3 atom stereocenters. The Morgan fingerprint density at radius 3 is 2.59 bits per heavy atom. The van der Waals surface area contributed by atoms with E-state index in [-0.39, 0.29) is 55.3 Å². The highest BCUT2D eigenvalue weighted by Crippen LogP contribution is 2.25. The van der Waals surface area contributed by atoms with E-state index in [9.17, 15) is 23.6 Å². The van der Waals surface area contributed by atoms with Gasteiger partial charge in [-0.15, -0.1) is 0 Å². The van der Waals surface area contributed by atoms with Crippen LogP contribution in [0.25, 0.3) is 0 Å². The smallest absolute Gasteiger partial charge is 0.246 e. The lowest BCUT2D eigenvalue weighted by molar-refractivity contribution is -0.142. The zero-order valence-corrected chi connectivity index (χ0v) is 23.0. The average Bonchev–Trinajstić information content (AvgIpc) is 3.33. The van der Waals surface area contributed by atoms with Gasteiger partial charge in [-0.25, -0.2) is 4.39 Å². The molecule has 204 valence electrons. The molecule has 1 aliphatic heterocycles. The first-order valence-corrected chi connectivity index (χ1v) is 13.3. The summed E-state index contributed by atoms with van der Waals surface area (Å²) in [6.07, 6.45) is 1.75. The Labute approximate surface area is 225 Å². The van der Waals surface area contributed by atoms with Crippen molar-refractivity contribution in [3.8, 4) is 0 Å². The summed E-state index contributed by atoms with van der Waals surface area (Å²) in [6, 6.07) is 5.87. The van der Waals surface area contributed by atoms with E-state index in [1.807, 2.05) is 38.1 Å². The summed E-state index contributed by atoms with van der Waals surface area (Å²) >= 11 is 3.39. The summed E-state index contributed by atoms with van der Waals surface area (Å²) < 4.78 is 14.0. The number of benzene rings is 1. The first-order valence-electron chi connectivity index (χ1n) is 12.5. The van der Waals surface area contributed by atoms with E-state index in [1.165, 1.54) is 4.90 Å². The number of hydrogen-bond acceptors (Lipinski definition) is 5. The number of nitrogens with zero attached hydrogens (tertiary/aromatic N) is 2. The number of nitrogens with two attached hydrogens (primary N) is 2. The number of amides is 2.